The van der Waals surface area contributed by atoms with Gasteiger partial charge in [-0.1, -0.05) is 0 Å². The minimum atomic E-state index is -3.06. The van der Waals surface area contributed by atoms with Gasteiger partial charge >= 0.3 is 493 Å². The Morgan fingerprint density at radius 1 is 0.338 bits per heavy atom. The molecule has 2 heterocycles. The molecule has 0 saturated carbocycles. The molecule has 4 atom stereocenters. The zero-order chi connectivity index (χ0) is 55.6. The summed E-state index contributed by atoms with van der Waals surface area (Å²) < 4.78 is 13.5. The van der Waals surface area contributed by atoms with Crippen LogP contribution in [-0.2, 0) is 39.9 Å². The first kappa shape index (κ1) is 53.8. The standard InChI is InChI=1S/C38H36.C36H32.4CH3.2Hf/c1-25(2)24-38(5,32-20-30-14-8-16-34(36(30)22-32)28-12-6-10-26(3)18-28)33-21-31-15-9-17-35(37(31)23-33)29-13-7-11-27(4)19-29;1-25(2)24-36(3,30-20-28-16-10-18-32(34(28)22-30)26-12-6-4-7-13-26)31-21-29-17-11-19-33(35(29)23-31)27-14-8-5-9-15-27;;;;;;/h6-23,25H,24H2,1-5H3;4-23,25H,24H2,1-3H3;4*1H3;;. The molecule has 8 aromatic carbocycles. The van der Waals surface area contributed by atoms with Crippen molar-refractivity contribution >= 4 is 24.3 Å². The molecule has 0 radical (unpaired) electrons. The third-order valence-corrected chi connectivity index (χ3v) is 50.6. The average Bonchev–Trinajstić information content (AvgIpc) is 3.91. The van der Waals surface area contributed by atoms with E-state index < -0.39 is 39.9 Å². The first-order chi connectivity index (χ1) is 38.4. The Morgan fingerprint density at radius 2 is 0.600 bits per heavy atom. The molecule has 4 unspecified atom stereocenters. The molecule has 8 aromatic rings. The number of hydrogen-bond acceptors (Lipinski definition) is 0. The zero-order valence-corrected chi connectivity index (χ0v) is 56.7. The average molecular weight is 1370 g/mol. The van der Waals surface area contributed by atoms with E-state index in [1.54, 1.807) is 44.5 Å². The fourth-order valence-corrected chi connectivity index (χ4v) is 52.2. The molecule has 2 saturated heterocycles. The van der Waals surface area contributed by atoms with Gasteiger partial charge in [0.1, 0.15) is 0 Å². The quantitative estimate of drug-likeness (QED) is 0.133. The van der Waals surface area contributed by atoms with E-state index >= 15 is 0 Å². The van der Waals surface area contributed by atoms with Crippen molar-refractivity contribution in [2.45, 2.75) is 102 Å². The number of allylic oxidation sites excluding steroid dienone is 4. The van der Waals surface area contributed by atoms with Gasteiger partial charge in [0.05, 0.1) is 0 Å². The summed E-state index contributed by atoms with van der Waals surface area (Å²) in [4.78, 5) is 0. The number of fused-ring (bicyclic) bond motifs is 12. The number of hydrogen-bond donors (Lipinski definition) is 0. The van der Waals surface area contributed by atoms with Crippen LogP contribution in [0, 0.1) is 36.5 Å². The summed E-state index contributed by atoms with van der Waals surface area (Å²) in [7, 11) is 0. The first-order valence-electron chi connectivity index (χ1n) is 30.0. The Hall–Kier alpha value is -5.54. The molecule has 0 aromatic heterocycles. The van der Waals surface area contributed by atoms with Crippen molar-refractivity contribution < 1.29 is 39.9 Å². The molecule has 0 bridgehead atoms. The van der Waals surface area contributed by atoms with Crippen LogP contribution in [0.2, 0.25) is 18.7 Å². The van der Waals surface area contributed by atoms with E-state index in [0.29, 0.717) is 26.5 Å². The topological polar surface area (TPSA) is 0 Å². The predicted molar refractivity (Wildman–Crippen MR) is 338 cm³/mol. The van der Waals surface area contributed by atoms with Crippen LogP contribution in [0.5, 0.6) is 0 Å². The summed E-state index contributed by atoms with van der Waals surface area (Å²) in [6, 6.07) is 68.8. The molecule has 0 nitrogen and oxygen atoms in total. The monoisotopic (exact) mass is 1380 g/mol. The molecule has 2 aliphatic heterocycles. The van der Waals surface area contributed by atoms with Gasteiger partial charge in [0.2, 0.25) is 0 Å². The summed E-state index contributed by atoms with van der Waals surface area (Å²) in [6.07, 6.45) is 13.1. The van der Waals surface area contributed by atoms with Gasteiger partial charge in [-0.15, -0.1) is 0 Å². The van der Waals surface area contributed by atoms with Crippen LogP contribution in [0.3, 0.4) is 0 Å². The normalized spacial score (nSPS) is 23.7. The van der Waals surface area contributed by atoms with Gasteiger partial charge in [0.15, 0.2) is 0 Å². The zero-order valence-electron chi connectivity index (χ0n) is 49.5. The molecule has 0 amide bonds. The molecule has 0 N–H and O–H groups in total. The number of rotatable bonds is 8. The molecule has 2 fully saturated rings. The van der Waals surface area contributed by atoms with Crippen LogP contribution < -0.4 is 0 Å². The molecule has 2 heteroatoms. The van der Waals surface area contributed by atoms with Crippen molar-refractivity contribution in [1.29, 1.82) is 0 Å². The summed E-state index contributed by atoms with van der Waals surface area (Å²) in [5, 5.41) is 0. The summed E-state index contributed by atoms with van der Waals surface area (Å²) in [6.45, 7) is 19.3. The Morgan fingerprint density at radius 3 is 0.875 bits per heavy atom. The maximum atomic E-state index is 2.77. The predicted octanol–water partition coefficient (Wildman–Crippen LogP) is 22.4. The van der Waals surface area contributed by atoms with E-state index in [2.05, 4.69) is 280 Å². The van der Waals surface area contributed by atoms with Crippen LogP contribution in [-0.4, -0.2) is 0 Å². The van der Waals surface area contributed by atoms with Gasteiger partial charge in [0, 0.05) is 0 Å². The Kier molecular flexibility index (Phi) is 13.5. The van der Waals surface area contributed by atoms with E-state index in [4.69, 9.17) is 0 Å². The third kappa shape index (κ3) is 8.51. The Balaban J connectivity index is 0.000000151. The maximum absolute atomic E-state index is 3.06. The van der Waals surface area contributed by atoms with E-state index in [1.807, 2.05) is 0 Å². The van der Waals surface area contributed by atoms with E-state index in [-0.39, 0.29) is 10.8 Å². The Bertz CT molecular complexity index is 3670. The van der Waals surface area contributed by atoms with Gasteiger partial charge in [-0.3, -0.25) is 0 Å². The van der Waals surface area contributed by atoms with Crippen molar-refractivity contribution in [2.75, 3.05) is 0 Å². The van der Waals surface area contributed by atoms with Crippen LogP contribution in [0.25, 0.3) is 68.8 Å². The van der Waals surface area contributed by atoms with Crippen LogP contribution in [0.1, 0.15) is 125 Å². The molecule has 400 valence electrons. The number of benzene rings is 8. The molecule has 80 heavy (non-hydrogen) atoms. The molecule has 14 rings (SSSR count). The molecule has 6 aliphatic rings. The van der Waals surface area contributed by atoms with E-state index in [0.717, 1.165) is 0 Å². The van der Waals surface area contributed by atoms with Gasteiger partial charge < -0.3 is 0 Å². The summed E-state index contributed by atoms with van der Waals surface area (Å²) in [5.41, 5.74) is 33.1. The van der Waals surface area contributed by atoms with Crippen molar-refractivity contribution in [2.24, 2.45) is 22.7 Å². The molecular formula is C78H80Hf2. The minimum absolute atomic E-state index is 0.0603. The number of aryl methyl sites for hydroxylation is 2. The molecule has 4 aliphatic carbocycles. The first-order valence-corrected chi connectivity index (χ1v) is 52.7. The second-order valence-corrected chi connectivity index (χ2v) is 61.8. The van der Waals surface area contributed by atoms with Gasteiger partial charge in [-0.05, 0) is 0 Å². The molecule has 0 spiro atoms. The van der Waals surface area contributed by atoms with Crippen LogP contribution in [0.4, 0.5) is 0 Å². The summed E-state index contributed by atoms with van der Waals surface area (Å²) >= 11 is -6.10. The van der Waals surface area contributed by atoms with Gasteiger partial charge in [-0.25, -0.2) is 0 Å². The van der Waals surface area contributed by atoms with E-state index in [1.165, 1.54) is 90.7 Å². The fourth-order valence-electron chi connectivity index (χ4n) is 17.4. The van der Waals surface area contributed by atoms with Crippen molar-refractivity contribution in [1.82, 2.24) is 0 Å². The van der Waals surface area contributed by atoms with Crippen molar-refractivity contribution in [3.05, 3.63) is 260 Å². The van der Waals surface area contributed by atoms with Gasteiger partial charge in [-0.2, -0.15) is 0 Å². The Labute approximate surface area is 488 Å². The second kappa shape index (κ2) is 20.1. The van der Waals surface area contributed by atoms with Crippen LogP contribution >= 0.6 is 0 Å². The van der Waals surface area contributed by atoms with Crippen molar-refractivity contribution in [3.8, 4) is 44.5 Å². The second-order valence-electron chi connectivity index (χ2n) is 27.3. The SMILES string of the molecule is CC(C)CC1(C)C2=Cc3c(-c4ccccc4)cccc3[CH]2[Hf]([CH3])([CH3])[CH]2C1=Cc1c(-c3ccccc3)cccc12.Cc1cccc(-c2cccc3c2C=C2[CH]3[Hf]([CH3])([CH3])[CH]3C(=Cc4c(-c5cccc(C)c5)cccc43)C2(C)CC(C)C)c1. The van der Waals surface area contributed by atoms with E-state index in [9.17, 15) is 0 Å². The van der Waals surface area contributed by atoms with Crippen molar-refractivity contribution in [3.63, 3.8) is 0 Å². The summed E-state index contributed by atoms with van der Waals surface area (Å²) in [5.74, 6) is 1.26. The van der Waals surface area contributed by atoms with Gasteiger partial charge in [0.25, 0.3) is 0 Å². The third-order valence-electron chi connectivity index (χ3n) is 20.2. The fraction of sp³-hybridized carbons (Fsp3) is 0.282. The molecular weight excluding hydrogens is 1290 g/mol. The van der Waals surface area contributed by atoms with Crippen LogP contribution in [0.15, 0.2) is 204 Å².